The van der Waals surface area contributed by atoms with E-state index in [0.29, 0.717) is 11.1 Å². The maximum Gasteiger partial charge on any atom is 0.332 e. The molecule has 0 saturated carbocycles. The fraction of sp³-hybridized carbons (Fsp3) is 0.0769. The standard InChI is InChI=1S/C13H11FO2S/c1-10-7-8-13(17(14,15)16)12(9-10)11-5-3-2-4-6-11/h2-9H,1H3. The molecule has 2 nitrogen and oxygen atoms in total. The lowest BCUT2D eigenvalue weighted by Gasteiger charge is -2.07. The van der Waals surface area contributed by atoms with E-state index in [2.05, 4.69) is 0 Å². The van der Waals surface area contributed by atoms with Crippen LogP contribution in [-0.4, -0.2) is 8.42 Å². The zero-order valence-electron chi connectivity index (χ0n) is 9.22. The second-order valence-electron chi connectivity index (χ2n) is 3.80. The van der Waals surface area contributed by atoms with Crippen LogP contribution in [0.3, 0.4) is 0 Å². The van der Waals surface area contributed by atoms with E-state index in [1.54, 1.807) is 36.4 Å². The van der Waals surface area contributed by atoms with Gasteiger partial charge >= 0.3 is 10.2 Å². The number of rotatable bonds is 2. The third-order valence-corrected chi connectivity index (χ3v) is 3.36. The van der Waals surface area contributed by atoms with Crippen LogP contribution < -0.4 is 0 Å². The van der Waals surface area contributed by atoms with E-state index in [1.165, 1.54) is 6.07 Å². The van der Waals surface area contributed by atoms with Gasteiger partial charge in [-0.15, -0.1) is 3.89 Å². The van der Waals surface area contributed by atoms with E-state index < -0.39 is 10.2 Å². The highest BCUT2D eigenvalue weighted by molar-refractivity contribution is 7.86. The second kappa shape index (κ2) is 4.30. The van der Waals surface area contributed by atoms with Crippen molar-refractivity contribution in [3.8, 4) is 11.1 Å². The Bertz CT molecular complexity index is 634. The molecule has 0 aliphatic heterocycles. The molecule has 0 aliphatic carbocycles. The summed E-state index contributed by atoms with van der Waals surface area (Å²) < 4.78 is 35.3. The Labute approximate surface area is 99.9 Å². The molecule has 0 atom stereocenters. The molecule has 0 aliphatic rings. The molecule has 0 N–H and O–H groups in total. The monoisotopic (exact) mass is 250 g/mol. The molecule has 0 spiro atoms. The third-order valence-electron chi connectivity index (χ3n) is 2.48. The molecule has 0 heterocycles. The van der Waals surface area contributed by atoms with Crippen molar-refractivity contribution in [3.63, 3.8) is 0 Å². The minimum Gasteiger partial charge on any atom is -0.189 e. The number of aryl methyl sites for hydroxylation is 1. The Balaban J connectivity index is 2.72. The Kier molecular flexibility index (Phi) is 2.98. The molecular formula is C13H11FO2S. The molecule has 0 aromatic heterocycles. The first kappa shape index (κ1) is 11.8. The molecule has 88 valence electrons. The van der Waals surface area contributed by atoms with Crippen LogP contribution in [0.15, 0.2) is 53.4 Å². The first-order chi connectivity index (χ1) is 7.98. The normalized spacial score (nSPS) is 11.4. The van der Waals surface area contributed by atoms with Crippen molar-refractivity contribution >= 4 is 10.2 Å². The van der Waals surface area contributed by atoms with E-state index in [-0.39, 0.29) is 4.90 Å². The van der Waals surface area contributed by atoms with Gasteiger partial charge in [-0.1, -0.05) is 48.0 Å². The van der Waals surface area contributed by atoms with Gasteiger partial charge in [-0.05, 0) is 18.6 Å². The quantitative estimate of drug-likeness (QED) is 0.766. The molecular weight excluding hydrogens is 239 g/mol. The smallest absolute Gasteiger partial charge is 0.189 e. The molecule has 2 aromatic rings. The van der Waals surface area contributed by atoms with Gasteiger partial charge in [-0.2, -0.15) is 8.42 Å². The van der Waals surface area contributed by atoms with Gasteiger partial charge in [0.15, 0.2) is 0 Å². The lowest BCUT2D eigenvalue weighted by Crippen LogP contribution is -1.96. The summed E-state index contributed by atoms with van der Waals surface area (Å²) in [4.78, 5) is -0.283. The van der Waals surface area contributed by atoms with Gasteiger partial charge in [-0.3, -0.25) is 0 Å². The van der Waals surface area contributed by atoms with E-state index >= 15 is 0 Å². The van der Waals surface area contributed by atoms with Crippen LogP contribution in [0.5, 0.6) is 0 Å². The minimum absolute atomic E-state index is 0.283. The molecule has 0 saturated heterocycles. The van der Waals surface area contributed by atoms with Gasteiger partial charge in [0.25, 0.3) is 0 Å². The molecule has 0 radical (unpaired) electrons. The summed E-state index contributed by atoms with van der Waals surface area (Å²) in [6.07, 6.45) is 0. The van der Waals surface area contributed by atoms with Crippen molar-refractivity contribution in [1.82, 2.24) is 0 Å². The van der Waals surface area contributed by atoms with E-state index in [9.17, 15) is 12.3 Å². The van der Waals surface area contributed by atoms with Crippen molar-refractivity contribution in [2.75, 3.05) is 0 Å². The number of hydrogen-bond donors (Lipinski definition) is 0. The molecule has 17 heavy (non-hydrogen) atoms. The number of halogens is 1. The summed E-state index contributed by atoms with van der Waals surface area (Å²) in [7, 11) is -4.70. The van der Waals surface area contributed by atoms with Crippen molar-refractivity contribution in [2.45, 2.75) is 11.8 Å². The van der Waals surface area contributed by atoms with Crippen LogP contribution in [0.2, 0.25) is 0 Å². The average molecular weight is 250 g/mol. The first-order valence-corrected chi connectivity index (χ1v) is 6.47. The summed E-state index contributed by atoms with van der Waals surface area (Å²) >= 11 is 0. The van der Waals surface area contributed by atoms with Crippen LogP contribution >= 0.6 is 0 Å². The molecule has 0 unspecified atom stereocenters. The van der Waals surface area contributed by atoms with Gasteiger partial charge in [0, 0.05) is 5.56 Å². The fourth-order valence-corrected chi connectivity index (χ4v) is 2.37. The highest BCUT2D eigenvalue weighted by Gasteiger charge is 2.17. The predicted molar refractivity (Wildman–Crippen MR) is 64.9 cm³/mol. The Morgan fingerprint density at radius 2 is 1.65 bits per heavy atom. The Morgan fingerprint density at radius 3 is 2.24 bits per heavy atom. The Hall–Kier alpha value is -1.68. The van der Waals surface area contributed by atoms with Crippen LogP contribution in [0, 0.1) is 6.92 Å². The lowest BCUT2D eigenvalue weighted by molar-refractivity contribution is 0.552. The van der Waals surface area contributed by atoms with E-state index in [4.69, 9.17) is 0 Å². The average Bonchev–Trinajstić information content (AvgIpc) is 2.28. The van der Waals surface area contributed by atoms with Crippen molar-refractivity contribution in [2.24, 2.45) is 0 Å². The minimum atomic E-state index is -4.70. The maximum atomic E-state index is 13.2. The van der Waals surface area contributed by atoms with Crippen LogP contribution in [0.1, 0.15) is 5.56 Å². The topological polar surface area (TPSA) is 34.1 Å². The predicted octanol–water partition coefficient (Wildman–Crippen LogP) is 3.32. The molecule has 4 heteroatoms. The van der Waals surface area contributed by atoms with Gasteiger partial charge < -0.3 is 0 Å². The highest BCUT2D eigenvalue weighted by atomic mass is 32.3. The summed E-state index contributed by atoms with van der Waals surface area (Å²) in [5.74, 6) is 0. The lowest BCUT2D eigenvalue weighted by atomic mass is 10.0. The summed E-state index contributed by atoms with van der Waals surface area (Å²) in [5.41, 5.74) is 1.97. The van der Waals surface area contributed by atoms with Crippen molar-refractivity contribution < 1.29 is 12.3 Å². The third kappa shape index (κ3) is 2.53. The number of hydrogen-bond acceptors (Lipinski definition) is 2. The Morgan fingerprint density at radius 1 is 1.00 bits per heavy atom. The van der Waals surface area contributed by atoms with Gasteiger partial charge in [0.2, 0.25) is 0 Å². The number of benzene rings is 2. The molecule has 0 fully saturated rings. The van der Waals surface area contributed by atoms with Crippen LogP contribution in [0.4, 0.5) is 3.89 Å². The zero-order valence-corrected chi connectivity index (χ0v) is 10.0. The summed E-state index contributed by atoms with van der Waals surface area (Å²) in [6, 6.07) is 13.4. The van der Waals surface area contributed by atoms with Crippen molar-refractivity contribution in [1.29, 1.82) is 0 Å². The van der Waals surface area contributed by atoms with E-state index in [0.717, 1.165) is 5.56 Å². The zero-order chi connectivity index (χ0) is 12.5. The SMILES string of the molecule is Cc1ccc(S(=O)(=O)F)c(-c2ccccc2)c1. The summed E-state index contributed by atoms with van der Waals surface area (Å²) in [5, 5.41) is 0. The molecule has 2 rings (SSSR count). The van der Waals surface area contributed by atoms with Gasteiger partial charge in [0.05, 0.1) is 0 Å². The maximum absolute atomic E-state index is 13.2. The van der Waals surface area contributed by atoms with Crippen molar-refractivity contribution in [3.05, 3.63) is 54.1 Å². The van der Waals surface area contributed by atoms with Gasteiger partial charge in [-0.25, -0.2) is 0 Å². The van der Waals surface area contributed by atoms with Gasteiger partial charge in [0.1, 0.15) is 4.90 Å². The molecule has 2 aromatic carbocycles. The first-order valence-electron chi connectivity index (χ1n) is 5.09. The largest absolute Gasteiger partial charge is 0.332 e. The highest BCUT2D eigenvalue weighted by Crippen LogP contribution is 2.29. The fourth-order valence-electron chi connectivity index (χ4n) is 1.70. The second-order valence-corrected chi connectivity index (χ2v) is 5.12. The molecule has 0 amide bonds. The molecule has 0 bridgehead atoms. The van der Waals surface area contributed by atoms with Crippen LogP contribution in [0.25, 0.3) is 11.1 Å². The summed E-state index contributed by atoms with van der Waals surface area (Å²) in [6.45, 7) is 1.83. The van der Waals surface area contributed by atoms with E-state index in [1.807, 2.05) is 13.0 Å². The van der Waals surface area contributed by atoms with Crippen LogP contribution in [-0.2, 0) is 10.2 Å².